The number of hydrogen-bond acceptors (Lipinski definition) is 1. The van der Waals surface area contributed by atoms with Gasteiger partial charge in [0.1, 0.15) is 5.78 Å². The predicted molar refractivity (Wildman–Crippen MR) is 50.9 cm³/mol. The second kappa shape index (κ2) is 3.42. The van der Waals surface area contributed by atoms with Gasteiger partial charge in [0.15, 0.2) is 0 Å². The molecule has 0 aromatic heterocycles. The van der Waals surface area contributed by atoms with Gasteiger partial charge in [0, 0.05) is 5.92 Å². The molecule has 68 valence electrons. The van der Waals surface area contributed by atoms with Crippen molar-refractivity contribution in [1.82, 2.24) is 0 Å². The van der Waals surface area contributed by atoms with E-state index in [1.165, 1.54) is 12.0 Å². The van der Waals surface area contributed by atoms with Gasteiger partial charge in [-0.1, -0.05) is 19.1 Å². The second-order valence-corrected chi connectivity index (χ2v) is 4.14. The number of ketones is 1. The van der Waals surface area contributed by atoms with Crippen LogP contribution in [0.5, 0.6) is 0 Å². The van der Waals surface area contributed by atoms with Crippen molar-refractivity contribution in [2.24, 2.45) is 17.8 Å². The lowest BCUT2D eigenvalue weighted by Gasteiger charge is -2.19. The molecule has 1 nitrogen and oxygen atoms in total. The summed E-state index contributed by atoms with van der Waals surface area (Å²) < 4.78 is 0. The fourth-order valence-corrected chi connectivity index (χ4v) is 2.44. The van der Waals surface area contributed by atoms with E-state index in [1.807, 2.05) is 6.92 Å². The Morgan fingerprint density at radius 2 is 1.92 bits per heavy atom. The minimum atomic E-state index is 0.252. The molecule has 1 heteroatoms. The van der Waals surface area contributed by atoms with E-state index >= 15 is 0 Å². The van der Waals surface area contributed by atoms with Crippen LogP contribution in [-0.2, 0) is 4.79 Å². The summed E-state index contributed by atoms with van der Waals surface area (Å²) in [6.07, 6.45) is 2.34. The summed E-state index contributed by atoms with van der Waals surface area (Å²) >= 11 is 0. The molecular weight excluding hydrogens is 148 g/mol. The second-order valence-electron chi connectivity index (χ2n) is 4.14. The Bertz CT molecular complexity index is 205. The zero-order valence-electron chi connectivity index (χ0n) is 8.26. The maximum atomic E-state index is 11.3. The van der Waals surface area contributed by atoms with E-state index in [0.717, 1.165) is 6.42 Å². The molecular formula is C11H18O. The molecule has 0 unspecified atom stereocenters. The molecule has 0 saturated heterocycles. The van der Waals surface area contributed by atoms with Crippen molar-refractivity contribution in [2.45, 2.75) is 33.6 Å². The monoisotopic (exact) mass is 166 g/mol. The van der Waals surface area contributed by atoms with Gasteiger partial charge in [-0.2, -0.15) is 0 Å². The van der Waals surface area contributed by atoms with Gasteiger partial charge in [-0.05, 0) is 38.5 Å². The van der Waals surface area contributed by atoms with E-state index in [4.69, 9.17) is 0 Å². The third kappa shape index (κ3) is 1.60. The molecule has 0 amide bonds. The van der Waals surface area contributed by atoms with Crippen LogP contribution in [0.2, 0.25) is 0 Å². The van der Waals surface area contributed by atoms with E-state index in [-0.39, 0.29) is 5.92 Å². The van der Waals surface area contributed by atoms with E-state index in [9.17, 15) is 4.79 Å². The Kier molecular flexibility index (Phi) is 2.71. The first-order valence-electron chi connectivity index (χ1n) is 4.70. The molecule has 1 aliphatic rings. The standard InChI is InChI=1S/C11H18O/c1-7(2)10-6-5-8(3)11(10)9(4)12/h8,10-11H,1,5-6H2,2-4H3/t8-,10+,11+/m0/s1. The third-order valence-corrected chi connectivity index (χ3v) is 3.08. The first-order valence-corrected chi connectivity index (χ1v) is 4.70. The number of hydrogen-bond donors (Lipinski definition) is 0. The summed E-state index contributed by atoms with van der Waals surface area (Å²) in [5.74, 6) is 1.61. The minimum Gasteiger partial charge on any atom is -0.300 e. The van der Waals surface area contributed by atoms with Gasteiger partial charge in [0.2, 0.25) is 0 Å². The maximum absolute atomic E-state index is 11.3. The smallest absolute Gasteiger partial charge is 0.133 e. The van der Waals surface area contributed by atoms with Crippen LogP contribution in [0, 0.1) is 17.8 Å². The molecule has 1 aliphatic carbocycles. The van der Waals surface area contributed by atoms with Crippen molar-refractivity contribution in [3.05, 3.63) is 12.2 Å². The van der Waals surface area contributed by atoms with Crippen LogP contribution in [0.1, 0.15) is 33.6 Å². The lowest BCUT2D eigenvalue weighted by atomic mass is 9.84. The van der Waals surface area contributed by atoms with Crippen molar-refractivity contribution in [2.75, 3.05) is 0 Å². The topological polar surface area (TPSA) is 17.1 Å². The lowest BCUT2D eigenvalue weighted by Crippen LogP contribution is -2.21. The molecule has 0 spiro atoms. The van der Waals surface area contributed by atoms with Crippen molar-refractivity contribution in [1.29, 1.82) is 0 Å². The molecule has 0 radical (unpaired) electrons. The van der Waals surface area contributed by atoms with Gasteiger partial charge in [-0.3, -0.25) is 4.79 Å². The van der Waals surface area contributed by atoms with Crippen LogP contribution in [-0.4, -0.2) is 5.78 Å². The fourth-order valence-electron chi connectivity index (χ4n) is 2.44. The van der Waals surface area contributed by atoms with E-state index in [1.54, 1.807) is 6.92 Å². The van der Waals surface area contributed by atoms with Gasteiger partial charge < -0.3 is 0 Å². The largest absolute Gasteiger partial charge is 0.300 e. The number of carbonyl (C=O) groups excluding carboxylic acids is 1. The average molecular weight is 166 g/mol. The number of carbonyl (C=O) groups is 1. The zero-order valence-corrected chi connectivity index (χ0v) is 8.26. The lowest BCUT2D eigenvalue weighted by molar-refractivity contribution is -0.122. The van der Waals surface area contributed by atoms with Gasteiger partial charge in [-0.25, -0.2) is 0 Å². The van der Waals surface area contributed by atoms with Gasteiger partial charge >= 0.3 is 0 Å². The molecule has 12 heavy (non-hydrogen) atoms. The molecule has 1 rings (SSSR count). The predicted octanol–water partition coefficient (Wildman–Crippen LogP) is 2.81. The number of allylic oxidation sites excluding steroid dienone is 1. The van der Waals surface area contributed by atoms with Gasteiger partial charge in [-0.15, -0.1) is 0 Å². The molecule has 0 aliphatic heterocycles. The maximum Gasteiger partial charge on any atom is 0.133 e. The van der Waals surface area contributed by atoms with Crippen molar-refractivity contribution < 1.29 is 4.79 Å². The van der Waals surface area contributed by atoms with Crippen LogP contribution in [0.25, 0.3) is 0 Å². The Morgan fingerprint density at radius 3 is 2.25 bits per heavy atom. The van der Waals surface area contributed by atoms with E-state index < -0.39 is 0 Å². The summed E-state index contributed by atoms with van der Waals surface area (Å²) in [5.41, 5.74) is 1.18. The van der Waals surface area contributed by atoms with Crippen molar-refractivity contribution >= 4 is 5.78 Å². The highest BCUT2D eigenvalue weighted by molar-refractivity contribution is 5.79. The Hall–Kier alpha value is -0.590. The fraction of sp³-hybridized carbons (Fsp3) is 0.727. The van der Waals surface area contributed by atoms with Crippen molar-refractivity contribution in [3.8, 4) is 0 Å². The highest BCUT2D eigenvalue weighted by Gasteiger charge is 2.36. The van der Waals surface area contributed by atoms with Crippen molar-refractivity contribution in [3.63, 3.8) is 0 Å². The summed E-state index contributed by atoms with van der Waals surface area (Å²) in [6.45, 7) is 9.88. The van der Waals surface area contributed by atoms with Gasteiger partial charge in [0.25, 0.3) is 0 Å². The number of Topliss-reactive ketones (excluding diaryl/α,β-unsaturated/α-hetero) is 1. The van der Waals surface area contributed by atoms with Crippen LogP contribution in [0.15, 0.2) is 12.2 Å². The van der Waals surface area contributed by atoms with Crippen LogP contribution in [0.4, 0.5) is 0 Å². The quantitative estimate of drug-likeness (QED) is 0.576. The summed E-state index contributed by atoms with van der Waals surface area (Å²) in [4.78, 5) is 11.3. The molecule has 0 aromatic carbocycles. The highest BCUT2D eigenvalue weighted by Crippen LogP contribution is 2.40. The third-order valence-electron chi connectivity index (χ3n) is 3.08. The highest BCUT2D eigenvalue weighted by atomic mass is 16.1. The first kappa shape index (κ1) is 9.50. The Labute approximate surface area is 74.9 Å². The summed E-state index contributed by atoms with van der Waals surface area (Å²) in [7, 11) is 0. The Morgan fingerprint density at radius 1 is 1.33 bits per heavy atom. The van der Waals surface area contributed by atoms with Crippen LogP contribution in [0.3, 0.4) is 0 Å². The molecule has 1 saturated carbocycles. The molecule has 0 heterocycles. The molecule has 0 bridgehead atoms. The molecule has 0 aromatic rings. The normalized spacial score (nSPS) is 35.1. The van der Waals surface area contributed by atoms with Crippen LogP contribution < -0.4 is 0 Å². The zero-order chi connectivity index (χ0) is 9.30. The average Bonchev–Trinajstić information content (AvgIpc) is 2.30. The minimum absolute atomic E-state index is 0.252. The first-order chi connectivity index (χ1) is 5.54. The van der Waals surface area contributed by atoms with Crippen LogP contribution >= 0.6 is 0 Å². The van der Waals surface area contributed by atoms with E-state index in [0.29, 0.717) is 17.6 Å². The summed E-state index contributed by atoms with van der Waals surface area (Å²) in [6, 6.07) is 0. The summed E-state index contributed by atoms with van der Waals surface area (Å²) in [5, 5.41) is 0. The number of rotatable bonds is 2. The SMILES string of the molecule is C=C(C)[C@H]1CC[C@H](C)[C@@H]1C(C)=O. The Balaban J connectivity index is 2.77. The van der Waals surface area contributed by atoms with Gasteiger partial charge in [0.05, 0.1) is 0 Å². The van der Waals surface area contributed by atoms with E-state index in [2.05, 4.69) is 13.5 Å². The molecule has 3 atom stereocenters. The molecule has 0 N–H and O–H groups in total. The molecule has 1 fully saturated rings.